The number of aliphatic hydroxyl groups is 1. The summed E-state index contributed by atoms with van der Waals surface area (Å²) in [5.41, 5.74) is -0.724. The molecule has 0 aromatic carbocycles. The molecule has 1 heterocycles. The fourth-order valence-corrected chi connectivity index (χ4v) is 3.57. The first-order valence-electron chi connectivity index (χ1n) is 6.65. The Kier molecular flexibility index (Phi) is 4.60. The highest BCUT2D eigenvalue weighted by Gasteiger charge is 2.36. The number of carboxylic acid groups (broad SMARTS) is 1. The molecule has 19 heavy (non-hydrogen) atoms. The molecular formula is C14H21NO3S. The molecule has 0 bridgehead atoms. The Morgan fingerprint density at radius 2 is 2.21 bits per heavy atom. The van der Waals surface area contributed by atoms with Gasteiger partial charge in [0, 0.05) is 18.0 Å². The Hall–Kier alpha value is -0.910. The molecule has 1 aliphatic carbocycles. The maximum Gasteiger partial charge on any atom is 0.306 e. The number of thiophene rings is 1. The Labute approximate surface area is 117 Å². The molecule has 4 nitrogen and oxygen atoms in total. The van der Waals surface area contributed by atoms with Crippen LogP contribution in [-0.4, -0.2) is 40.3 Å². The number of aliphatic carboxylic acids is 1. The van der Waals surface area contributed by atoms with E-state index in [4.69, 9.17) is 5.11 Å². The van der Waals surface area contributed by atoms with E-state index in [1.165, 1.54) is 4.88 Å². The van der Waals surface area contributed by atoms with Crippen LogP contribution in [0.4, 0.5) is 0 Å². The van der Waals surface area contributed by atoms with E-state index < -0.39 is 11.6 Å². The SMILES string of the molecule is CN(Cc1cccs1)CC1(O)CCC(C(=O)O)CC1. The van der Waals surface area contributed by atoms with Crippen LogP contribution < -0.4 is 0 Å². The molecule has 1 aromatic rings. The second-order valence-corrected chi connectivity index (χ2v) is 6.62. The van der Waals surface area contributed by atoms with E-state index in [1.54, 1.807) is 11.3 Å². The van der Waals surface area contributed by atoms with Gasteiger partial charge in [-0.25, -0.2) is 0 Å². The second-order valence-electron chi connectivity index (χ2n) is 5.59. The molecule has 0 radical (unpaired) electrons. The highest BCUT2D eigenvalue weighted by atomic mass is 32.1. The Balaban J connectivity index is 1.83. The maximum atomic E-state index is 10.9. The van der Waals surface area contributed by atoms with Crippen LogP contribution in [-0.2, 0) is 11.3 Å². The first-order valence-corrected chi connectivity index (χ1v) is 7.53. The van der Waals surface area contributed by atoms with Crippen molar-refractivity contribution in [1.82, 2.24) is 4.90 Å². The average Bonchev–Trinajstić information content (AvgIpc) is 2.81. The summed E-state index contributed by atoms with van der Waals surface area (Å²) < 4.78 is 0. The van der Waals surface area contributed by atoms with Gasteiger partial charge in [-0.2, -0.15) is 0 Å². The van der Waals surface area contributed by atoms with E-state index in [9.17, 15) is 9.90 Å². The topological polar surface area (TPSA) is 60.8 Å². The zero-order chi connectivity index (χ0) is 13.9. The van der Waals surface area contributed by atoms with Crippen molar-refractivity contribution in [2.75, 3.05) is 13.6 Å². The summed E-state index contributed by atoms with van der Waals surface area (Å²) in [6.45, 7) is 1.44. The predicted molar refractivity (Wildman–Crippen MR) is 75.2 cm³/mol. The Morgan fingerprint density at radius 3 is 2.74 bits per heavy atom. The third-order valence-electron chi connectivity index (χ3n) is 3.84. The van der Waals surface area contributed by atoms with Crippen molar-refractivity contribution in [3.05, 3.63) is 22.4 Å². The standard InChI is InChI=1S/C14H21NO3S/c1-15(9-12-3-2-8-19-12)10-14(18)6-4-11(5-7-14)13(16)17/h2-3,8,11,18H,4-7,9-10H2,1H3,(H,16,17). The number of hydrogen-bond donors (Lipinski definition) is 2. The molecule has 1 aliphatic rings. The number of carboxylic acids is 1. The minimum Gasteiger partial charge on any atom is -0.481 e. The molecule has 2 N–H and O–H groups in total. The first kappa shape index (κ1) is 14.5. The molecule has 2 rings (SSSR count). The average molecular weight is 283 g/mol. The molecular weight excluding hydrogens is 262 g/mol. The number of carbonyl (C=O) groups is 1. The molecule has 0 atom stereocenters. The molecule has 5 heteroatoms. The van der Waals surface area contributed by atoms with E-state index >= 15 is 0 Å². The highest BCUT2D eigenvalue weighted by Crippen LogP contribution is 2.33. The zero-order valence-corrected chi connectivity index (χ0v) is 12.0. The van der Waals surface area contributed by atoms with Crippen LogP contribution in [0.2, 0.25) is 0 Å². The van der Waals surface area contributed by atoms with Gasteiger partial charge in [0.15, 0.2) is 0 Å². The van der Waals surface area contributed by atoms with Crippen LogP contribution in [0.25, 0.3) is 0 Å². The van der Waals surface area contributed by atoms with E-state index in [2.05, 4.69) is 16.3 Å². The Morgan fingerprint density at radius 1 is 1.53 bits per heavy atom. The van der Waals surface area contributed by atoms with Crippen molar-refractivity contribution in [3.63, 3.8) is 0 Å². The smallest absolute Gasteiger partial charge is 0.306 e. The van der Waals surface area contributed by atoms with Gasteiger partial charge in [0.05, 0.1) is 11.5 Å². The molecule has 0 saturated heterocycles. The molecule has 1 aromatic heterocycles. The van der Waals surface area contributed by atoms with Gasteiger partial charge in [-0.3, -0.25) is 9.69 Å². The first-order chi connectivity index (χ1) is 8.98. The van der Waals surface area contributed by atoms with Crippen LogP contribution in [0.1, 0.15) is 30.6 Å². The highest BCUT2D eigenvalue weighted by molar-refractivity contribution is 7.09. The van der Waals surface area contributed by atoms with Gasteiger partial charge < -0.3 is 10.2 Å². The zero-order valence-electron chi connectivity index (χ0n) is 11.2. The number of nitrogens with zero attached hydrogens (tertiary/aromatic N) is 1. The summed E-state index contributed by atoms with van der Waals surface area (Å²) in [5, 5.41) is 21.6. The molecule has 1 saturated carbocycles. The van der Waals surface area contributed by atoms with Crippen LogP contribution in [0.3, 0.4) is 0 Å². The lowest BCUT2D eigenvalue weighted by Gasteiger charge is -2.37. The van der Waals surface area contributed by atoms with Crippen LogP contribution in [0.5, 0.6) is 0 Å². The maximum absolute atomic E-state index is 10.9. The number of hydrogen-bond acceptors (Lipinski definition) is 4. The van der Waals surface area contributed by atoms with Gasteiger partial charge in [-0.15, -0.1) is 11.3 Å². The largest absolute Gasteiger partial charge is 0.481 e. The third-order valence-corrected chi connectivity index (χ3v) is 4.70. The van der Waals surface area contributed by atoms with Gasteiger partial charge in [0.2, 0.25) is 0 Å². The van der Waals surface area contributed by atoms with Gasteiger partial charge in [0.1, 0.15) is 0 Å². The lowest BCUT2D eigenvalue weighted by atomic mass is 9.78. The molecule has 0 aliphatic heterocycles. The summed E-state index contributed by atoms with van der Waals surface area (Å²) in [4.78, 5) is 14.3. The van der Waals surface area contributed by atoms with Gasteiger partial charge >= 0.3 is 5.97 Å². The molecule has 0 amide bonds. The predicted octanol–water partition coefficient (Wildman–Crippen LogP) is 2.19. The van der Waals surface area contributed by atoms with Crippen LogP contribution in [0.15, 0.2) is 17.5 Å². The third kappa shape index (κ3) is 4.03. The van der Waals surface area contributed by atoms with Crippen molar-refractivity contribution in [2.24, 2.45) is 5.92 Å². The van der Waals surface area contributed by atoms with E-state index in [0.29, 0.717) is 32.2 Å². The lowest BCUT2D eigenvalue weighted by molar-refractivity contribution is -0.145. The Bertz CT molecular complexity index is 410. The van der Waals surface area contributed by atoms with Gasteiger partial charge in [-0.1, -0.05) is 6.07 Å². The van der Waals surface area contributed by atoms with Crippen molar-refractivity contribution in [1.29, 1.82) is 0 Å². The fourth-order valence-electron chi connectivity index (χ4n) is 2.79. The van der Waals surface area contributed by atoms with Gasteiger partial charge in [-0.05, 0) is 44.2 Å². The van der Waals surface area contributed by atoms with Crippen LogP contribution in [0, 0.1) is 5.92 Å². The van der Waals surface area contributed by atoms with Crippen molar-refractivity contribution in [3.8, 4) is 0 Å². The number of rotatable bonds is 5. The lowest BCUT2D eigenvalue weighted by Crippen LogP contribution is -2.44. The molecule has 0 unspecified atom stereocenters. The summed E-state index contributed by atoms with van der Waals surface area (Å²) in [6.07, 6.45) is 2.33. The fraction of sp³-hybridized carbons (Fsp3) is 0.643. The summed E-state index contributed by atoms with van der Waals surface area (Å²) in [7, 11) is 2.00. The van der Waals surface area contributed by atoms with E-state index in [-0.39, 0.29) is 5.92 Å². The van der Waals surface area contributed by atoms with E-state index in [1.807, 2.05) is 13.1 Å². The monoisotopic (exact) mass is 283 g/mol. The summed E-state index contributed by atoms with van der Waals surface area (Å²) in [5.74, 6) is -1.00. The van der Waals surface area contributed by atoms with Crippen LogP contribution >= 0.6 is 11.3 Å². The molecule has 0 spiro atoms. The normalized spacial score (nSPS) is 27.6. The summed E-state index contributed by atoms with van der Waals surface area (Å²) in [6, 6.07) is 4.12. The van der Waals surface area contributed by atoms with Gasteiger partial charge in [0.25, 0.3) is 0 Å². The van der Waals surface area contributed by atoms with Crippen molar-refractivity contribution < 1.29 is 15.0 Å². The minimum atomic E-state index is -0.728. The summed E-state index contributed by atoms with van der Waals surface area (Å²) >= 11 is 1.72. The number of likely N-dealkylation sites (N-methyl/N-ethyl adjacent to an activating group) is 1. The second kappa shape index (κ2) is 6.03. The van der Waals surface area contributed by atoms with Crippen molar-refractivity contribution >= 4 is 17.3 Å². The molecule has 106 valence electrons. The van der Waals surface area contributed by atoms with E-state index in [0.717, 1.165) is 6.54 Å². The molecule has 1 fully saturated rings. The quantitative estimate of drug-likeness (QED) is 0.869. The van der Waals surface area contributed by atoms with Crippen molar-refractivity contribution in [2.45, 2.75) is 37.8 Å². The minimum absolute atomic E-state index is 0.275.